The molecule has 6 nitrogen and oxygen atoms in total. The Hall–Kier alpha value is -4.14. The predicted octanol–water partition coefficient (Wildman–Crippen LogP) is 7.04. The van der Waals surface area contributed by atoms with Crippen molar-refractivity contribution in [3.05, 3.63) is 83.9 Å². The van der Waals surface area contributed by atoms with Crippen LogP contribution in [0.2, 0.25) is 0 Å². The molecule has 0 saturated heterocycles. The summed E-state index contributed by atoms with van der Waals surface area (Å²) in [5.41, 5.74) is 4.00. The minimum absolute atomic E-state index is 0.253. The molecule has 9 heteroatoms. The monoisotopic (exact) mass is 491 g/mol. The van der Waals surface area contributed by atoms with Crippen molar-refractivity contribution in [2.24, 2.45) is 7.05 Å². The Balaban J connectivity index is 1.40. The number of aromatic nitrogens is 4. The highest BCUT2D eigenvalue weighted by molar-refractivity contribution is 5.85. The first kappa shape index (κ1) is 23.6. The fraction of sp³-hybridized carbons (Fsp3) is 0.222. The summed E-state index contributed by atoms with van der Waals surface area (Å²) < 4.78 is 46.0. The Bertz CT molecular complexity index is 1520. The molecule has 0 radical (unpaired) electrons. The number of fused-ring (bicyclic) bond motifs is 1. The number of furan rings is 1. The molecule has 0 amide bonds. The number of imidazole rings is 1. The predicted molar refractivity (Wildman–Crippen MR) is 132 cm³/mol. The van der Waals surface area contributed by atoms with Gasteiger partial charge in [-0.25, -0.2) is 15.0 Å². The molecule has 5 aromatic rings. The second-order valence-electron chi connectivity index (χ2n) is 8.88. The Kier molecular flexibility index (Phi) is 5.99. The zero-order valence-electron chi connectivity index (χ0n) is 20.0. The highest BCUT2D eigenvalue weighted by atomic mass is 19.4. The lowest BCUT2D eigenvalue weighted by molar-refractivity contribution is -0.140. The number of halogens is 3. The minimum atomic E-state index is -4.48. The van der Waals surface area contributed by atoms with Crippen LogP contribution in [0.1, 0.15) is 36.6 Å². The average Bonchev–Trinajstić information content (AvgIpc) is 3.49. The van der Waals surface area contributed by atoms with E-state index < -0.39 is 11.9 Å². The van der Waals surface area contributed by atoms with E-state index in [0.717, 1.165) is 22.9 Å². The van der Waals surface area contributed by atoms with Crippen molar-refractivity contribution in [1.82, 2.24) is 19.5 Å². The van der Waals surface area contributed by atoms with Crippen LogP contribution in [0.25, 0.3) is 33.9 Å². The van der Waals surface area contributed by atoms with Crippen molar-refractivity contribution in [2.45, 2.75) is 32.5 Å². The topological polar surface area (TPSA) is 68.8 Å². The van der Waals surface area contributed by atoms with Gasteiger partial charge in [0.2, 0.25) is 0 Å². The van der Waals surface area contributed by atoms with Crippen molar-refractivity contribution in [2.75, 3.05) is 5.32 Å². The van der Waals surface area contributed by atoms with Crippen LogP contribution in [-0.4, -0.2) is 19.5 Å². The third-order valence-electron chi connectivity index (χ3n) is 5.97. The third-order valence-corrected chi connectivity index (χ3v) is 5.97. The summed E-state index contributed by atoms with van der Waals surface area (Å²) in [5.74, 6) is 1.75. The van der Waals surface area contributed by atoms with Crippen molar-refractivity contribution in [3.8, 4) is 22.8 Å². The molecule has 5 rings (SSSR count). The zero-order valence-corrected chi connectivity index (χ0v) is 20.0. The molecule has 0 bridgehead atoms. The molecule has 2 aromatic carbocycles. The Labute approximate surface area is 205 Å². The molecule has 0 unspecified atom stereocenters. The second-order valence-corrected chi connectivity index (χ2v) is 8.88. The normalized spacial score (nSPS) is 12.0. The molecule has 0 saturated carbocycles. The standard InChI is InChI=1S/C27H24F3N5O/c1-16(2)19-6-4-5-7-20(19)24-32-21-12-13-36-23(21)25(34-24)31-14-17-8-10-18(11-9-17)26-33-22(15-35(26)3)27(28,29)30/h4-13,15-16H,14H2,1-3H3,(H,31,32,34). The Morgan fingerprint density at radius 3 is 2.42 bits per heavy atom. The number of aryl methyl sites for hydroxylation is 1. The largest absolute Gasteiger partial charge is 0.459 e. The van der Waals surface area contributed by atoms with Gasteiger partial charge >= 0.3 is 6.18 Å². The van der Waals surface area contributed by atoms with Crippen molar-refractivity contribution >= 4 is 16.9 Å². The van der Waals surface area contributed by atoms with Crippen LogP contribution in [0, 0.1) is 0 Å². The van der Waals surface area contributed by atoms with Crippen LogP contribution >= 0.6 is 0 Å². The van der Waals surface area contributed by atoms with Gasteiger partial charge in [-0.15, -0.1) is 0 Å². The number of nitrogens with one attached hydrogen (secondary N) is 1. The van der Waals surface area contributed by atoms with Crippen LogP contribution in [-0.2, 0) is 19.8 Å². The summed E-state index contributed by atoms with van der Waals surface area (Å²) in [5, 5.41) is 3.33. The molecule has 3 heterocycles. The van der Waals surface area contributed by atoms with Gasteiger partial charge in [-0.1, -0.05) is 62.4 Å². The van der Waals surface area contributed by atoms with Crippen LogP contribution < -0.4 is 5.32 Å². The van der Waals surface area contributed by atoms with E-state index in [1.807, 2.05) is 30.3 Å². The maximum atomic E-state index is 13.0. The van der Waals surface area contributed by atoms with E-state index in [4.69, 9.17) is 14.4 Å². The van der Waals surface area contributed by atoms with Gasteiger partial charge in [-0.05, 0) is 17.0 Å². The van der Waals surface area contributed by atoms with Crippen molar-refractivity contribution in [3.63, 3.8) is 0 Å². The summed E-state index contributed by atoms with van der Waals surface area (Å²) >= 11 is 0. The summed E-state index contributed by atoms with van der Waals surface area (Å²) in [6.07, 6.45) is -1.91. The van der Waals surface area contributed by atoms with Gasteiger partial charge in [-0.3, -0.25) is 0 Å². The van der Waals surface area contributed by atoms with Crippen LogP contribution in [0.15, 0.2) is 71.5 Å². The van der Waals surface area contributed by atoms with E-state index in [-0.39, 0.29) is 5.82 Å². The molecule has 3 aromatic heterocycles. The molecule has 0 aliphatic heterocycles. The second kappa shape index (κ2) is 9.14. The van der Waals surface area contributed by atoms with Crippen LogP contribution in [0.5, 0.6) is 0 Å². The van der Waals surface area contributed by atoms with E-state index in [1.54, 1.807) is 31.5 Å². The maximum absolute atomic E-state index is 13.0. The minimum Gasteiger partial charge on any atom is -0.459 e. The first-order valence-corrected chi connectivity index (χ1v) is 11.5. The number of hydrogen-bond donors (Lipinski definition) is 1. The molecule has 0 fully saturated rings. The molecule has 36 heavy (non-hydrogen) atoms. The van der Waals surface area contributed by atoms with E-state index in [0.29, 0.717) is 40.8 Å². The number of anilines is 1. The number of hydrogen-bond acceptors (Lipinski definition) is 5. The van der Waals surface area contributed by atoms with Gasteiger partial charge in [0.15, 0.2) is 22.9 Å². The molecule has 0 spiro atoms. The molecule has 1 N–H and O–H groups in total. The molecule has 0 aliphatic rings. The molecular weight excluding hydrogens is 467 g/mol. The number of nitrogens with zero attached hydrogens (tertiary/aromatic N) is 4. The lowest BCUT2D eigenvalue weighted by Gasteiger charge is -2.13. The molecule has 0 atom stereocenters. The smallest absolute Gasteiger partial charge is 0.434 e. The fourth-order valence-corrected chi connectivity index (χ4v) is 4.14. The highest BCUT2D eigenvalue weighted by Crippen LogP contribution is 2.32. The molecule has 184 valence electrons. The first-order valence-electron chi connectivity index (χ1n) is 11.5. The molecular formula is C27H24F3N5O. The highest BCUT2D eigenvalue weighted by Gasteiger charge is 2.34. The fourth-order valence-electron chi connectivity index (χ4n) is 4.14. The van der Waals surface area contributed by atoms with Crippen molar-refractivity contribution < 1.29 is 17.6 Å². The lowest BCUT2D eigenvalue weighted by atomic mass is 9.97. The van der Waals surface area contributed by atoms with Gasteiger partial charge in [0, 0.05) is 37.0 Å². The van der Waals surface area contributed by atoms with Gasteiger partial charge in [0.05, 0.1) is 6.26 Å². The summed E-state index contributed by atoms with van der Waals surface area (Å²) in [6.45, 7) is 4.70. The Morgan fingerprint density at radius 2 is 1.72 bits per heavy atom. The SMILES string of the molecule is CC(C)c1ccccc1-c1nc(NCc2ccc(-c3nc(C(F)(F)F)cn3C)cc2)c2occc2n1. The van der Waals surface area contributed by atoms with Crippen LogP contribution in [0.4, 0.5) is 19.0 Å². The van der Waals surface area contributed by atoms with Gasteiger partial charge in [0.1, 0.15) is 11.3 Å². The summed E-state index contributed by atoms with van der Waals surface area (Å²) in [6, 6.07) is 17.1. The van der Waals surface area contributed by atoms with Gasteiger partial charge < -0.3 is 14.3 Å². The quantitative estimate of drug-likeness (QED) is 0.276. The number of rotatable bonds is 6. The summed E-state index contributed by atoms with van der Waals surface area (Å²) in [4.78, 5) is 13.2. The maximum Gasteiger partial charge on any atom is 0.434 e. The van der Waals surface area contributed by atoms with Gasteiger partial charge in [0.25, 0.3) is 0 Å². The molecule has 0 aliphatic carbocycles. The number of alkyl halides is 3. The van der Waals surface area contributed by atoms with Crippen LogP contribution in [0.3, 0.4) is 0 Å². The van der Waals surface area contributed by atoms with E-state index in [2.05, 4.69) is 30.2 Å². The summed E-state index contributed by atoms with van der Waals surface area (Å²) in [7, 11) is 1.55. The average molecular weight is 492 g/mol. The van der Waals surface area contributed by atoms with Gasteiger partial charge in [-0.2, -0.15) is 13.2 Å². The van der Waals surface area contributed by atoms with E-state index >= 15 is 0 Å². The van der Waals surface area contributed by atoms with E-state index in [1.165, 1.54) is 4.57 Å². The first-order chi connectivity index (χ1) is 17.2. The zero-order chi connectivity index (χ0) is 25.4. The van der Waals surface area contributed by atoms with E-state index in [9.17, 15) is 13.2 Å². The third kappa shape index (κ3) is 4.56. The lowest BCUT2D eigenvalue weighted by Crippen LogP contribution is -2.05. The van der Waals surface area contributed by atoms with Crippen molar-refractivity contribution in [1.29, 1.82) is 0 Å². The Morgan fingerprint density at radius 1 is 0.972 bits per heavy atom. The number of benzene rings is 2.